The molecular formula is C19H22N2O4S. The summed E-state index contributed by atoms with van der Waals surface area (Å²) in [6.45, 7) is 1.91. The minimum Gasteiger partial charge on any atom is -0.496 e. The van der Waals surface area contributed by atoms with Crippen LogP contribution in [-0.4, -0.2) is 55.0 Å². The molecular weight excluding hydrogens is 352 g/mol. The number of rotatable bonds is 4. The molecule has 0 aliphatic carbocycles. The minimum atomic E-state index is -0.313. The van der Waals surface area contributed by atoms with E-state index in [4.69, 9.17) is 14.2 Å². The first-order valence-corrected chi connectivity index (χ1v) is 9.79. The van der Waals surface area contributed by atoms with Crippen LogP contribution in [-0.2, 0) is 9.47 Å². The molecule has 4 rings (SSSR count). The topological polar surface area (TPSA) is 60.9 Å². The highest BCUT2D eigenvalue weighted by Crippen LogP contribution is 2.33. The number of hydrogen-bond donors (Lipinski definition) is 0. The third-order valence-corrected chi connectivity index (χ3v) is 5.71. The second kappa shape index (κ2) is 7.73. The van der Waals surface area contributed by atoms with Crippen molar-refractivity contribution in [2.75, 3.05) is 26.9 Å². The normalized spacial score (nSPS) is 21.1. The molecule has 2 saturated heterocycles. The lowest BCUT2D eigenvalue weighted by Gasteiger charge is -2.37. The molecule has 6 nitrogen and oxygen atoms in total. The third kappa shape index (κ3) is 3.34. The van der Waals surface area contributed by atoms with Crippen LogP contribution < -0.4 is 4.74 Å². The Balaban J connectivity index is 1.57. The molecule has 0 bridgehead atoms. The molecule has 3 heterocycles. The maximum absolute atomic E-state index is 13.1. The molecule has 0 saturated carbocycles. The number of methoxy groups -OCH3 is 1. The van der Waals surface area contributed by atoms with Gasteiger partial charge in [-0.15, -0.1) is 11.3 Å². The number of piperidine rings is 1. The molecule has 26 heavy (non-hydrogen) atoms. The Hall–Kier alpha value is -1.96. The van der Waals surface area contributed by atoms with E-state index in [1.807, 2.05) is 34.5 Å². The average Bonchev–Trinajstić information content (AvgIpc) is 3.39. The highest BCUT2D eigenvalue weighted by atomic mass is 32.1. The summed E-state index contributed by atoms with van der Waals surface area (Å²) in [7, 11) is 1.64. The number of benzene rings is 1. The first-order valence-electron chi connectivity index (χ1n) is 8.91. The van der Waals surface area contributed by atoms with Crippen molar-refractivity contribution < 1.29 is 19.0 Å². The number of ether oxygens (including phenoxy) is 3. The van der Waals surface area contributed by atoms with Crippen molar-refractivity contribution >= 4 is 17.2 Å². The van der Waals surface area contributed by atoms with Crippen LogP contribution in [0.4, 0.5) is 0 Å². The van der Waals surface area contributed by atoms with Gasteiger partial charge >= 0.3 is 0 Å². The van der Waals surface area contributed by atoms with Crippen LogP contribution in [0.3, 0.4) is 0 Å². The Morgan fingerprint density at radius 2 is 2.08 bits per heavy atom. The maximum atomic E-state index is 13.1. The highest BCUT2D eigenvalue weighted by molar-refractivity contribution is 7.13. The highest BCUT2D eigenvalue weighted by Gasteiger charge is 2.37. The van der Waals surface area contributed by atoms with E-state index in [0.29, 0.717) is 25.5 Å². The van der Waals surface area contributed by atoms with Crippen molar-refractivity contribution in [1.82, 2.24) is 9.88 Å². The van der Waals surface area contributed by atoms with E-state index < -0.39 is 0 Å². The molecule has 138 valence electrons. The summed E-state index contributed by atoms with van der Waals surface area (Å²) >= 11 is 1.46. The van der Waals surface area contributed by atoms with Crippen LogP contribution in [0.2, 0.25) is 0 Å². The summed E-state index contributed by atoms with van der Waals surface area (Å²) in [5, 5.41) is 2.61. The van der Waals surface area contributed by atoms with E-state index in [1.54, 1.807) is 7.11 Å². The van der Waals surface area contributed by atoms with E-state index in [2.05, 4.69) is 4.98 Å². The Bertz CT molecular complexity index is 772. The molecule has 7 heteroatoms. The van der Waals surface area contributed by atoms with E-state index in [1.165, 1.54) is 11.3 Å². The van der Waals surface area contributed by atoms with Gasteiger partial charge in [0, 0.05) is 11.9 Å². The summed E-state index contributed by atoms with van der Waals surface area (Å²) < 4.78 is 16.7. The maximum Gasteiger partial charge on any atom is 0.273 e. The van der Waals surface area contributed by atoms with Gasteiger partial charge in [-0.05, 0) is 31.4 Å². The number of carbonyl (C=O) groups excluding carboxylic acids is 1. The van der Waals surface area contributed by atoms with Crippen LogP contribution >= 0.6 is 11.3 Å². The Morgan fingerprint density at radius 3 is 2.88 bits per heavy atom. The number of thiazole rings is 1. The van der Waals surface area contributed by atoms with E-state index in [-0.39, 0.29) is 18.2 Å². The predicted molar refractivity (Wildman–Crippen MR) is 98.5 cm³/mol. The molecule has 0 spiro atoms. The molecule has 2 aromatic rings. The van der Waals surface area contributed by atoms with Crippen LogP contribution in [0.1, 0.15) is 29.8 Å². The molecule has 1 unspecified atom stereocenters. The summed E-state index contributed by atoms with van der Waals surface area (Å²) in [6.07, 6.45) is 2.67. The summed E-state index contributed by atoms with van der Waals surface area (Å²) in [5.74, 6) is 0.704. The quantitative estimate of drug-likeness (QED) is 0.823. The monoisotopic (exact) mass is 374 g/mol. The molecule has 2 fully saturated rings. The molecule has 1 aromatic heterocycles. The number of para-hydroxylation sites is 1. The fourth-order valence-electron chi connectivity index (χ4n) is 3.56. The fourth-order valence-corrected chi connectivity index (χ4v) is 4.38. The van der Waals surface area contributed by atoms with E-state index in [0.717, 1.165) is 35.6 Å². The lowest BCUT2D eigenvalue weighted by atomic mass is 10.0. The molecule has 0 N–H and O–H groups in total. The molecule has 0 radical (unpaired) electrons. The number of nitrogens with zero attached hydrogens (tertiary/aromatic N) is 2. The van der Waals surface area contributed by atoms with Crippen molar-refractivity contribution in [3.63, 3.8) is 0 Å². The fraction of sp³-hybridized carbons (Fsp3) is 0.474. The van der Waals surface area contributed by atoms with Gasteiger partial charge in [0.25, 0.3) is 5.91 Å². The summed E-state index contributed by atoms with van der Waals surface area (Å²) in [5.41, 5.74) is 1.37. The van der Waals surface area contributed by atoms with Gasteiger partial charge in [0.2, 0.25) is 0 Å². The van der Waals surface area contributed by atoms with Crippen molar-refractivity contribution in [2.45, 2.75) is 31.6 Å². The predicted octanol–water partition coefficient (Wildman–Crippen LogP) is 3.19. The smallest absolute Gasteiger partial charge is 0.273 e. The second-order valence-corrected chi connectivity index (χ2v) is 7.27. The van der Waals surface area contributed by atoms with E-state index in [9.17, 15) is 4.79 Å². The van der Waals surface area contributed by atoms with Gasteiger partial charge in [-0.25, -0.2) is 4.98 Å². The van der Waals surface area contributed by atoms with Crippen molar-refractivity contribution in [1.29, 1.82) is 0 Å². The minimum absolute atomic E-state index is 0.0323. The lowest BCUT2D eigenvalue weighted by Crippen LogP contribution is -2.50. The van der Waals surface area contributed by atoms with Gasteiger partial charge in [-0.3, -0.25) is 4.79 Å². The summed E-state index contributed by atoms with van der Waals surface area (Å²) in [4.78, 5) is 19.6. The second-order valence-electron chi connectivity index (χ2n) is 6.41. The number of hydrogen-bond acceptors (Lipinski definition) is 6. The van der Waals surface area contributed by atoms with Gasteiger partial charge < -0.3 is 19.1 Å². The van der Waals surface area contributed by atoms with Crippen molar-refractivity contribution in [3.05, 3.63) is 35.3 Å². The molecule has 2 aliphatic rings. The Morgan fingerprint density at radius 1 is 1.27 bits per heavy atom. The van der Waals surface area contributed by atoms with E-state index >= 15 is 0 Å². The van der Waals surface area contributed by atoms with Gasteiger partial charge in [-0.1, -0.05) is 12.1 Å². The van der Waals surface area contributed by atoms with Crippen molar-refractivity contribution in [3.8, 4) is 16.3 Å². The average molecular weight is 374 g/mol. The number of amides is 1. The molecule has 1 amide bonds. The van der Waals surface area contributed by atoms with Crippen LogP contribution in [0.15, 0.2) is 29.6 Å². The molecule has 2 aliphatic heterocycles. The van der Waals surface area contributed by atoms with Gasteiger partial charge in [0.15, 0.2) is 6.29 Å². The molecule has 1 atom stereocenters. The first-order chi connectivity index (χ1) is 12.8. The van der Waals surface area contributed by atoms with Crippen LogP contribution in [0.25, 0.3) is 10.6 Å². The lowest BCUT2D eigenvalue weighted by molar-refractivity contribution is -0.100. The van der Waals surface area contributed by atoms with Crippen molar-refractivity contribution in [2.24, 2.45) is 0 Å². The van der Waals surface area contributed by atoms with Crippen LogP contribution in [0.5, 0.6) is 5.75 Å². The zero-order valence-electron chi connectivity index (χ0n) is 14.7. The number of likely N-dealkylation sites (tertiary alicyclic amines) is 1. The zero-order valence-corrected chi connectivity index (χ0v) is 15.5. The SMILES string of the molecule is COc1ccccc1-c1nc(C(=O)N2CCCCC2C2OCCO2)cs1. The Kier molecular flexibility index (Phi) is 5.19. The van der Waals surface area contributed by atoms with Crippen LogP contribution in [0, 0.1) is 0 Å². The van der Waals surface area contributed by atoms with Gasteiger partial charge in [-0.2, -0.15) is 0 Å². The standard InChI is InChI=1S/C19H22N2O4S/c1-23-16-8-3-2-6-13(16)17-20-14(12-26-17)18(22)21-9-5-4-7-15(21)19-24-10-11-25-19/h2-3,6,8,12,15,19H,4-5,7,9-11H2,1H3. The van der Waals surface area contributed by atoms with Gasteiger partial charge in [0.1, 0.15) is 16.5 Å². The summed E-state index contributed by atoms with van der Waals surface area (Å²) in [6, 6.07) is 7.68. The molecule has 1 aromatic carbocycles. The van der Waals surface area contributed by atoms with Gasteiger partial charge in [0.05, 0.1) is 31.9 Å². The largest absolute Gasteiger partial charge is 0.496 e. The third-order valence-electron chi connectivity index (χ3n) is 4.83. The number of aromatic nitrogens is 1. The first kappa shape index (κ1) is 17.5. The Labute approximate surface area is 156 Å². The zero-order chi connectivity index (χ0) is 17.9. The number of carbonyl (C=O) groups is 1.